The summed E-state index contributed by atoms with van der Waals surface area (Å²) in [7, 11) is 0. The number of benzene rings is 1. The van der Waals surface area contributed by atoms with Crippen molar-refractivity contribution in [3.05, 3.63) is 34.2 Å². The topological polar surface area (TPSA) is 85.4 Å². The van der Waals surface area contributed by atoms with Crippen LogP contribution in [0.2, 0.25) is 0 Å². The summed E-state index contributed by atoms with van der Waals surface area (Å²) < 4.78 is 0. The number of nitrogens with zero attached hydrogens (tertiary/aromatic N) is 2. The first-order chi connectivity index (χ1) is 10.8. The highest BCUT2D eigenvalue weighted by atomic mass is 32.2. The Morgan fingerprint density at radius 1 is 1.27 bits per heavy atom. The smallest absolute Gasteiger partial charge is 0.306 e. The molecule has 1 aliphatic carbocycles. The largest absolute Gasteiger partial charge is 0.323 e. The SMILES string of the molecule is O=c1[nH]c2ccc(C3=NNC(=NCC4CCC4)SC3)cc2[nH]1. The number of aromatic nitrogens is 2. The van der Waals surface area contributed by atoms with E-state index in [2.05, 4.69) is 25.5 Å². The third-order valence-electron chi connectivity index (χ3n) is 4.20. The molecular formula is C15H17N5OS. The van der Waals surface area contributed by atoms with E-state index in [9.17, 15) is 4.79 Å². The second-order valence-electron chi connectivity index (χ2n) is 5.74. The summed E-state index contributed by atoms with van der Waals surface area (Å²) in [5.41, 5.74) is 6.46. The monoisotopic (exact) mass is 315 g/mol. The summed E-state index contributed by atoms with van der Waals surface area (Å²) in [6, 6.07) is 5.82. The number of amidine groups is 1. The zero-order valence-electron chi connectivity index (χ0n) is 12.1. The van der Waals surface area contributed by atoms with Crippen LogP contribution in [-0.4, -0.2) is 33.1 Å². The van der Waals surface area contributed by atoms with Gasteiger partial charge in [0, 0.05) is 17.9 Å². The molecule has 0 radical (unpaired) electrons. The maximum absolute atomic E-state index is 11.3. The first-order valence-corrected chi connectivity index (χ1v) is 8.49. The van der Waals surface area contributed by atoms with E-state index in [1.54, 1.807) is 11.8 Å². The lowest BCUT2D eigenvalue weighted by Crippen LogP contribution is -2.26. The predicted octanol–water partition coefficient (Wildman–Crippen LogP) is 2.05. The van der Waals surface area contributed by atoms with Crippen molar-refractivity contribution in [2.45, 2.75) is 19.3 Å². The summed E-state index contributed by atoms with van der Waals surface area (Å²) in [4.78, 5) is 21.4. The summed E-state index contributed by atoms with van der Waals surface area (Å²) in [5, 5.41) is 5.34. The van der Waals surface area contributed by atoms with E-state index in [0.717, 1.165) is 45.7 Å². The minimum absolute atomic E-state index is 0.185. The lowest BCUT2D eigenvalue weighted by molar-refractivity contribution is 0.326. The molecule has 6 nitrogen and oxygen atoms in total. The molecular weight excluding hydrogens is 298 g/mol. The fourth-order valence-electron chi connectivity index (χ4n) is 2.64. The fraction of sp³-hybridized carbons (Fsp3) is 0.400. The van der Waals surface area contributed by atoms with E-state index in [4.69, 9.17) is 0 Å². The van der Waals surface area contributed by atoms with Crippen LogP contribution in [0.4, 0.5) is 0 Å². The Balaban J connectivity index is 1.50. The maximum Gasteiger partial charge on any atom is 0.323 e. The van der Waals surface area contributed by atoms with Crippen LogP contribution in [0.3, 0.4) is 0 Å². The minimum Gasteiger partial charge on any atom is -0.306 e. The number of thioether (sulfide) groups is 1. The lowest BCUT2D eigenvalue weighted by atomic mass is 9.86. The number of hydrazone groups is 1. The third kappa shape index (κ3) is 2.68. The summed E-state index contributed by atoms with van der Waals surface area (Å²) in [6.45, 7) is 0.913. The third-order valence-corrected chi connectivity index (χ3v) is 5.11. The van der Waals surface area contributed by atoms with Crippen molar-refractivity contribution in [2.24, 2.45) is 16.0 Å². The van der Waals surface area contributed by atoms with E-state index in [1.165, 1.54) is 19.3 Å². The molecule has 114 valence electrons. The van der Waals surface area contributed by atoms with Gasteiger partial charge < -0.3 is 9.97 Å². The Hall–Kier alpha value is -2.02. The van der Waals surface area contributed by atoms with E-state index >= 15 is 0 Å². The first kappa shape index (κ1) is 13.6. The number of rotatable bonds is 3. The Kier molecular flexibility index (Phi) is 3.49. The molecule has 7 heteroatoms. The number of imidazole rings is 1. The van der Waals surface area contributed by atoms with Crippen molar-refractivity contribution < 1.29 is 0 Å². The Labute approximate surface area is 131 Å². The summed E-state index contributed by atoms with van der Waals surface area (Å²) in [6.07, 6.45) is 3.97. The van der Waals surface area contributed by atoms with Gasteiger partial charge >= 0.3 is 5.69 Å². The molecule has 1 saturated carbocycles. The minimum atomic E-state index is -0.185. The number of aliphatic imine (C=N–C) groups is 1. The fourth-order valence-corrected chi connectivity index (χ4v) is 3.43. The molecule has 2 aromatic rings. The van der Waals surface area contributed by atoms with Gasteiger partial charge in [-0.05, 0) is 30.9 Å². The van der Waals surface area contributed by atoms with Gasteiger partial charge in [-0.25, -0.2) is 4.79 Å². The number of aromatic amines is 2. The number of hydrogen-bond donors (Lipinski definition) is 3. The Morgan fingerprint density at radius 3 is 2.86 bits per heavy atom. The van der Waals surface area contributed by atoms with Crippen LogP contribution in [-0.2, 0) is 0 Å². The first-order valence-electron chi connectivity index (χ1n) is 7.50. The van der Waals surface area contributed by atoms with Gasteiger partial charge in [0.15, 0.2) is 5.17 Å². The van der Waals surface area contributed by atoms with Crippen molar-refractivity contribution >= 4 is 33.7 Å². The molecule has 1 aromatic carbocycles. The van der Waals surface area contributed by atoms with Gasteiger partial charge in [-0.15, -0.1) is 0 Å². The van der Waals surface area contributed by atoms with Gasteiger partial charge in [0.25, 0.3) is 0 Å². The van der Waals surface area contributed by atoms with E-state index in [-0.39, 0.29) is 5.69 Å². The molecule has 3 N–H and O–H groups in total. The van der Waals surface area contributed by atoms with Crippen LogP contribution >= 0.6 is 11.8 Å². The number of fused-ring (bicyclic) bond motifs is 1. The zero-order chi connectivity index (χ0) is 14.9. The van der Waals surface area contributed by atoms with Crippen molar-refractivity contribution in [1.29, 1.82) is 0 Å². The molecule has 0 unspecified atom stereocenters. The normalized spacial score (nSPS) is 20.7. The van der Waals surface area contributed by atoms with Gasteiger partial charge in [0.05, 0.1) is 16.7 Å². The van der Waals surface area contributed by atoms with Crippen LogP contribution in [0.25, 0.3) is 11.0 Å². The van der Waals surface area contributed by atoms with Crippen molar-refractivity contribution in [1.82, 2.24) is 15.4 Å². The molecule has 0 saturated heterocycles. The second kappa shape index (κ2) is 5.64. The van der Waals surface area contributed by atoms with Crippen LogP contribution in [0, 0.1) is 5.92 Å². The molecule has 22 heavy (non-hydrogen) atoms. The van der Waals surface area contributed by atoms with Crippen LogP contribution in [0.1, 0.15) is 24.8 Å². The number of nitrogens with one attached hydrogen (secondary N) is 3. The molecule has 1 aromatic heterocycles. The van der Waals surface area contributed by atoms with E-state index in [1.807, 2.05) is 18.2 Å². The summed E-state index contributed by atoms with van der Waals surface area (Å²) in [5.74, 6) is 1.56. The van der Waals surface area contributed by atoms with Crippen molar-refractivity contribution in [3.63, 3.8) is 0 Å². The molecule has 1 fully saturated rings. The molecule has 0 bridgehead atoms. The molecule has 2 aliphatic rings. The highest BCUT2D eigenvalue weighted by Crippen LogP contribution is 2.26. The van der Waals surface area contributed by atoms with Crippen LogP contribution in [0.5, 0.6) is 0 Å². The highest BCUT2D eigenvalue weighted by Gasteiger charge is 2.18. The zero-order valence-corrected chi connectivity index (χ0v) is 12.9. The highest BCUT2D eigenvalue weighted by molar-refractivity contribution is 8.14. The Bertz CT molecular complexity index is 815. The van der Waals surface area contributed by atoms with Gasteiger partial charge in [-0.3, -0.25) is 10.4 Å². The van der Waals surface area contributed by atoms with Gasteiger partial charge in [-0.2, -0.15) is 5.10 Å². The van der Waals surface area contributed by atoms with Gasteiger partial charge in [-0.1, -0.05) is 24.2 Å². The van der Waals surface area contributed by atoms with E-state index in [0.29, 0.717) is 0 Å². The average molecular weight is 315 g/mol. The van der Waals surface area contributed by atoms with Crippen molar-refractivity contribution in [2.75, 3.05) is 12.3 Å². The van der Waals surface area contributed by atoms with Gasteiger partial charge in [0.2, 0.25) is 0 Å². The lowest BCUT2D eigenvalue weighted by Gasteiger charge is -2.23. The number of H-pyrrole nitrogens is 2. The molecule has 0 atom stereocenters. The van der Waals surface area contributed by atoms with Crippen LogP contribution in [0.15, 0.2) is 33.1 Å². The molecule has 2 heterocycles. The van der Waals surface area contributed by atoms with Crippen LogP contribution < -0.4 is 11.1 Å². The van der Waals surface area contributed by atoms with Crippen molar-refractivity contribution in [3.8, 4) is 0 Å². The quantitative estimate of drug-likeness (QED) is 0.810. The van der Waals surface area contributed by atoms with E-state index < -0.39 is 0 Å². The standard InChI is InChI=1S/C15H17N5OS/c21-14-17-11-5-4-10(6-12(11)18-14)13-8-22-15(20-19-13)16-7-9-2-1-3-9/h4-6,9H,1-3,7-8H2,(H,16,20)(H2,17,18,21). The van der Waals surface area contributed by atoms with Gasteiger partial charge in [0.1, 0.15) is 0 Å². The molecule has 4 rings (SSSR count). The molecule has 0 spiro atoms. The molecule has 0 amide bonds. The molecule has 1 aliphatic heterocycles. The predicted molar refractivity (Wildman–Crippen MR) is 90.7 cm³/mol. The number of hydrogen-bond acceptors (Lipinski definition) is 4. The average Bonchev–Trinajstić information content (AvgIpc) is 2.85. The maximum atomic E-state index is 11.3. The Morgan fingerprint density at radius 2 is 2.14 bits per heavy atom. The second-order valence-corrected chi connectivity index (χ2v) is 6.71. The summed E-state index contributed by atoms with van der Waals surface area (Å²) >= 11 is 1.68.